The molecule has 1 aromatic carbocycles. The molecule has 128 valence electrons. The lowest BCUT2D eigenvalue weighted by Gasteiger charge is -2.30. The highest BCUT2D eigenvalue weighted by molar-refractivity contribution is 7.90. The van der Waals surface area contributed by atoms with E-state index in [-0.39, 0.29) is 10.9 Å². The number of urea groups is 1. The van der Waals surface area contributed by atoms with Crippen molar-refractivity contribution in [3.8, 4) is 5.75 Å². The molecule has 0 saturated carbocycles. The Hall–Kier alpha value is -1.76. The van der Waals surface area contributed by atoms with Gasteiger partial charge in [0.05, 0.1) is 11.4 Å². The topological polar surface area (TPSA) is 75.7 Å². The molecule has 2 rings (SSSR count). The number of rotatable bonds is 5. The lowest BCUT2D eigenvalue weighted by molar-refractivity contribution is 0.167. The van der Waals surface area contributed by atoms with Crippen molar-refractivity contribution in [1.82, 2.24) is 10.2 Å². The van der Waals surface area contributed by atoms with E-state index in [4.69, 9.17) is 4.74 Å². The van der Waals surface area contributed by atoms with E-state index in [0.29, 0.717) is 24.8 Å². The highest BCUT2D eigenvalue weighted by atomic mass is 32.2. The van der Waals surface area contributed by atoms with Crippen LogP contribution in [0.2, 0.25) is 0 Å². The second-order valence-corrected chi connectivity index (χ2v) is 8.03. The van der Waals surface area contributed by atoms with Crippen LogP contribution in [-0.2, 0) is 9.84 Å². The predicted octanol–water partition coefficient (Wildman–Crippen LogP) is 1.91. The van der Waals surface area contributed by atoms with E-state index in [1.165, 1.54) is 24.8 Å². The summed E-state index contributed by atoms with van der Waals surface area (Å²) >= 11 is 0. The average Bonchev–Trinajstić information content (AvgIpc) is 2.51. The van der Waals surface area contributed by atoms with Crippen LogP contribution in [0.5, 0.6) is 5.75 Å². The summed E-state index contributed by atoms with van der Waals surface area (Å²) in [6, 6.07) is 6.21. The van der Waals surface area contributed by atoms with Gasteiger partial charge >= 0.3 is 6.03 Å². The molecule has 1 N–H and O–H groups in total. The number of piperidine rings is 1. The van der Waals surface area contributed by atoms with Crippen LogP contribution in [0.1, 0.15) is 19.8 Å². The van der Waals surface area contributed by atoms with Crippen molar-refractivity contribution in [3.05, 3.63) is 24.3 Å². The van der Waals surface area contributed by atoms with Gasteiger partial charge in [0.15, 0.2) is 9.84 Å². The Kier molecular flexibility index (Phi) is 5.87. The molecule has 1 atom stereocenters. The summed E-state index contributed by atoms with van der Waals surface area (Å²) in [4.78, 5) is 14.1. The van der Waals surface area contributed by atoms with Crippen molar-refractivity contribution < 1.29 is 17.9 Å². The number of carbonyl (C=O) groups is 1. The zero-order valence-electron chi connectivity index (χ0n) is 13.6. The van der Waals surface area contributed by atoms with Gasteiger partial charge in [-0.1, -0.05) is 6.92 Å². The summed E-state index contributed by atoms with van der Waals surface area (Å²) in [5.41, 5.74) is 0. The molecule has 7 heteroatoms. The Bertz CT molecular complexity index is 628. The van der Waals surface area contributed by atoms with Gasteiger partial charge in [-0.2, -0.15) is 0 Å². The van der Waals surface area contributed by atoms with Crippen LogP contribution in [0.15, 0.2) is 29.2 Å². The van der Waals surface area contributed by atoms with Gasteiger partial charge in [0.1, 0.15) is 12.4 Å². The maximum atomic E-state index is 12.0. The fourth-order valence-corrected chi connectivity index (χ4v) is 3.23. The normalized spacial score (nSPS) is 18.5. The minimum Gasteiger partial charge on any atom is -0.492 e. The first kappa shape index (κ1) is 17.6. The molecule has 2 amide bonds. The van der Waals surface area contributed by atoms with Crippen molar-refractivity contribution in [2.75, 3.05) is 32.5 Å². The van der Waals surface area contributed by atoms with E-state index in [9.17, 15) is 13.2 Å². The molecule has 0 bridgehead atoms. The molecule has 23 heavy (non-hydrogen) atoms. The van der Waals surface area contributed by atoms with E-state index in [2.05, 4.69) is 12.2 Å². The van der Waals surface area contributed by atoms with Crippen molar-refractivity contribution in [3.63, 3.8) is 0 Å². The number of carbonyl (C=O) groups excluding carboxylic acids is 1. The summed E-state index contributed by atoms with van der Waals surface area (Å²) < 4.78 is 28.2. The van der Waals surface area contributed by atoms with Crippen LogP contribution < -0.4 is 10.1 Å². The molecule has 0 aliphatic carbocycles. The second-order valence-electron chi connectivity index (χ2n) is 6.02. The Morgan fingerprint density at radius 1 is 1.35 bits per heavy atom. The highest BCUT2D eigenvalue weighted by Gasteiger charge is 2.20. The number of nitrogens with zero attached hydrogens (tertiary/aromatic N) is 1. The van der Waals surface area contributed by atoms with E-state index in [0.717, 1.165) is 19.5 Å². The number of hydrogen-bond acceptors (Lipinski definition) is 4. The summed E-state index contributed by atoms with van der Waals surface area (Å²) in [5.74, 6) is 1.14. The Labute approximate surface area is 137 Å². The molecule has 0 radical (unpaired) electrons. The maximum absolute atomic E-state index is 12.0. The predicted molar refractivity (Wildman–Crippen MR) is 88.4 cm³/mol. The molecule has 1 aromatic rings. The summed E-state index contributed by atoms with van der Waals surface area (Å²) in [7, 11) is -3.19. The van der Waals surface area contributed by atoms with Gasteiger partial charge in [0.25, 0.3) is 0 Å². The molecule has 1 saturated heterocycles. The summed E-state index contributed by atoms with van der Waals surface area (Å²) in [6.07, 6.45) is 3.40. The molecule has 1 fully saturated rings. The first-order valence-corrected chi connectivity index (χ1v) is 9.71. The monoisotopic (exact) mass is 340 g/mol. The van der Waals surface area contributed by atoms with Gasteiger partial charge < -0.3 is 15.0 Å². The van der Waals surface area contributed by atoms with Crippen LogP contribution in [0.25, 0.3) is 0 Å². The number of likely N-dealkylation sites (tertiary alicyclic amines) is 1. The fraction of sp³-hybridized carbons (Fsp3) is 0.562. The van der Waals surface area contributed by atoms with Gasteiger partial charge in [-0.3, -0.25) is 0 Å². The third-order valence-electron chi connectivity index (χ3n) is 3.84. The molecule has 1 aliphatic heterocycles. The second kappa shape index (κ2) is 7.68. The number of benzene rings is 1. The standard InChI is InChI=1S/C16H24N2O4S/c1-13-4-3-10-18(12-13)16(19)17-9-11-22-14-5-7-15(8-6-14)23(2,20)21/h5-8,13H,3-4,9-12H2,1-2H3,(H,17,19)/t13-/m1/s1. The first-order valence-electron chi connectivity index (χ1n) is 7.82. The number of ether oxygens (including phenoxy) is 1. The third-order valence-corrected chi connectivity index (χ3v) is 4.97. The molecule has 6 nitrogen and oxygen atoms in total. The average molecular weight is 340 g/mol. The summed E-state index contributed by atoms with van der Waals surface area (Å²) in [5, 5.41) is 2.84. The number of nitrogens with one attached hydrogen (secondary N) is 1. The van der Waals surface area contributed by atoms with Crippen molar-refractivity contribution in [2.45, 2.75) is 24.7 Å². The molecular formula is C16H24N2O4S. The van der Waals surface area contributed by atoms with Gasteiger partial charge in [-0.05, 0) is 43.0 Å². The Balaban J connectivity index is 1.72. The van der Waals surface area contributed by atoms with E-state index in [1.54, 1.807) is 12.1 Å². The zero-order valence-corrected chi connectivity index (χ0v) is 14.4. The summed E-state index contributed by atoms with van der Waals surface area (Å²) in [6.45, 7) is 4.53. The smallest absolute Gasteiger partial charge is 0.317 e. The number of amides is 2. The zero-order chi connectivity index (χ0) is 16.9. The first-order chi connectivity index (χ1) is 10.9. The van der Waals surface area contributed by atoms with Crippen LogP contribution in [-0.4, -0.2) is 51.8 Å². The maximum Gasteiger partial charge on any atom is 0.317 e. The van der Waals surface area contributed by atoms with Crippen LogP contribution in [0, 0.1) is 5.92 Å². The molecule has 1 heterocycles. The molecule has 0 spiro atoms. The molecule has 0 unspecified atom stereocenters. The molecule has 1 aliphatic rings. The molecular weight excluding hydrogens is 316 g/mol. The fourth-order valence-electron chi connectivity index (χ4n) is 2.60. The van der Waals surface area contributed by atoms with E-state index < -0.39 is 9.84 Å². The Morgan fingerprint density at radius 3 is 2.65 bits per heavy atom. The quantitative estimate of drug-likeness (QED) is 0.831. The number of hydrogen-bond donors (Lipinski definition) is 1. The largest absolute Gasteiger partial charge is 0.492 e. The van der Waals surface area contributed by atoms with Crippen LogP contribution >= 0.6 is 0 Å². The van der Waals surface area contributed by atoms with Crippen molar-refractivity contribution in [2.24, 2.45) is 5.92 Å². The van der Waals surface area contributed by atoms with Gasteiger partial charge in [0, 0.05) is 19.3 Å². The van der Waals surface area contributed by atoms with E-state index in [1.807, 2.05) is 4.90 Å². The molecule has 0 aromatic heterocycles. The lowest BCUT2D eigenvalue weighted by atomic mass is 10.0. The van der Waals surface area contributed by atoms with Crippen molar-refractivity contribution in [1.29, 1.82) is 0 Å². The van der Waals surface area contributed by atoms with Gasteiger partial charge in [-0.25, -0.2) is 13.2 Å². The third kappa shape index (κ3) is 5.42. The minimum absolute atomic E-state index is 0.0485. The van der Waals surface area contributed by atoms with Crippen LogP contribution in [0.3, 0.4) is 0 Å². The minimum atomic E-state index is -3.19. The number of sulfone groups is 1. The van der Waals surface area contributed by atoms with Gasteiger partial charge in [-0.15, -0.1) is 0 Å². The van der Waals surface area contributed by atoms with Gasteiger partial charge in [0.2, 0.25) is 0 Å². The highest BCUT2D eigenvalue weighted by Crippen LogP contribution is 2.16. The lowest BCUT2D eigenvalue weighted by Crippen LogP contribution is -2.45. The van der Waals surface area contributed by atoms with Crippen LogP contribution in [0.4, 0.5) is 4.79 Å². The van der Waals surface area contributed by atoms with Crippen molar-refractivity contribution >= 4 is 15.9 Å². The SMILES string of the molecule is C[C@@H]1CCCN(C(=O)NCCOc2ccc(S(C)(=O)=O)cc2)C1. The van der Waals surface area contributed by atoms with E-state index >= 15 is 0 Å². The Morgan fingerprint density at radius 2 is 2.04 bits per heavy atom.